The number of benzene rings is 2. The van der Waals surface area contributed by atoms with Gasteiger partial charge in [0.15, 0.2) is 0 Å². The molecule has 0 saturated heterocycles. The molecule has 0 atom stereocenters. The minimum absolute atomic E-state index is 0.146. The van der Waals surface area contributed by atoms with Crippen LogP contribution in [-0.2, 0) is 22.3 Å². The van der Waals surface area contributed by atoms with Crippen molar-refractivity contribution in [3.63, 3.8) is 0 Å². The van der Waals surface area contributed by atoms with Crippen LogP contribution in [-0.4, -0.2) is 25.4 Å². The number of hydrogen-bond acceptors (Lipinski definition) is 5. The topological polar surface area (TPSA) is 88.2 Å². The fraction of sp³-hybridized carbons (Fsp3) is 0.238. The van der Waals surface area contributed by atoms with Gasteiger partial charge >= 0.3 is 0 Å². The van der Waals surface area contributed by atoms with Gasteiger partial charge in [-0.05, 0) is 37.1 Å². The quantitative estimate of drug-likeness (QED) is 0.523. The van der Waals surface area contributed by atoms with Crippen molar-refractivity contribution in [2.24, 2.45) is 0 Å². The number of carbonyl (C=O) groups is 1. The largest absolute Gasteiger partial charge is 0.347 e. The van der Waals surface area contributed by atoms with Gasteiger partial charge in [0.2, 0.25) is 10.0 Å². The van der Waals surface area contributed by atoms with Crippen LogP contribution in [0.1, 0.15) is 35.5 Å². The molecule has 0 saturated carbocycles. The van der Waals surface area contributed by atoms with E-state index in [0.29, 0.717) is 21.3 Å². The predicted octanol–water partition coefficient (Wildman–Crippen LogP) is 4.22. The van der Waals surface area contributed by atoms with E-state index in [0.717, 1.165) is 11.1 Å². The minimum Gasteiger partial charge on any atom is -0.347 e. The Morgan fingerprint density at radius 2 is 1.87 bits per heavy atom. The summed E-state index contributed by atoms with van der Waals surface area (Å²) in [7, 11) is -3.46. The second-order valence-electron chi connectivity index (χ2n) is 7.03. The molecule has 2 N–H and O–H groups in total. The number of thiazole rings is 1. The fourth-order valence-electron chi connectivity index (χ4n) is 2.87. The van der Waals surface area contributed by atoms with Crippen LogP contribution in [0.15, 0.2) is 53.9 Å². The van der Waals surface area contributed by atoms with E-state index >= 15 is 0 Å². The maximum Gasteiger partial charge on any atom is 0.271 e. The zero-order valence-corrected chi connectivity index (χ0v) is 18.9. The van der Waals surface area contributed by atoms with Crippen LogP contribution < -0.4 is 10.0 Å². The third kappa shape index (κ3) is 6.12. The number of hydrogen-bond donors (Lipinski definition) is 2. The van der Waals surface area contributed by atoms with E-state index < -0.39 is 10.0 Å². The molecule has 0 aliphatic rings. The maximum atomic E-state index is 12.5. The second-order valence-corrected chi connectivity index (χ2v) is 10.1. The van der Waals surface area contributed by atoms with Gasteiger partial charge in [-0.25, -0.2) is 18.1 Å². The summed E-state index contributed by atoms with van der Waals surface area (Å²) in [6.07, 6.45) is 0. The molecule has 9 heteroatoms. The number of aromatic nitrogens is 1. The van der Waals surface area contributed by atoms with Crippen LogP contribution in [0.2, 0.25) is 5.02 Å². The number of halogens is 1. The van der Waals surface area contributed by atoms with Crippen molar-refractivity contribution in [2.75, 3.05) is 0 Å². The lowest BCUT2D eigenvalue weighted by atomic mass is 10.1. The van der Waals surface area contributed by atoms with Crippen molar-refractivity contribution in [1.29, 1.82) is 0 Å². The van der Waals surface area contributed by atoms with Crippen molar-refractivity contribution in [2.45, 2.75) is 32.2 Å². The average Bonchev–Trinajstić information content (AvgIpc) is 3.16. The number of carbonyl (C=O) groups excluding carboxylic acids is 1. The standard InChI is InChI=1S/C21H22ClN3O3S2/c1-14(2)25-30(27,28)13-17-7-4-3-6-16(17)11-23-20(26)19-12-29-21(24-19)15-8-5-9-18(22)10-15/h3-10,12,14,25H,11,13H2,1-2H3,(H,23,26). The summed E-state index contributed by atoms with van der Waals surface area (Å²) < 4.78 is 27.1. The Morgan fingerprint density at radius 1 is 1.13 bits per heavy atom. The van der Waals surface area contributed by atoms with E-state index in [4.69, 9.17) is 11.6 Å². The molecule has 30 heavy (non-hydrogen) atoms. The molecule has 0 aliphatic carbocycles. The SMILES string of the molecule is CC(C)NS(=O)(=O)Cc1ccccc1CNC(=O)c1csc(-c2cccc(Cl)c2)n1. The number of nitrogens with one attached hydrogen (secondary N) is 2. The third-order valence-corrected chi connectivity index (χ3v) is 6.77. The zero-order chi connectivity index (χ0) is 21.7. The first-order valence-corrected chi connectivity index (χ1v) is 12.2. The fourth-order valence-corrected chi connectivity index (χ4v) is 5.35. The average molecular weight is 464 g/mol. The van der Waals surface area contributed by atoms with E-state index in [1.165, 1.54) is 11.3 Å². The molecule has 1 amide bonds. The Labute approximate surface area is 185 Å². The van der Waals surface area contributed by atoms with Crippen molar-refractivity contribution in [3.8, 4) is 10.6 Å². The van der Waals surface area contributed by atoms with Gasteiger partial charge in [0.25, 0.3) is 5.91 Å². The zero-order valence-electron chi connectivity index (χ0n) is 16.6. The highest BCUT2D eigenvalue weighted by Crippen LogP contribution is 2.26. The van der Waals surface area contributed by atoms with Crippen LogP contribution in [0.5, 0.6) is 0 Å². The summed E-state index contributed by atoms with van der Waals surface area (Å²) in [5.74, 6) is -0.468. The van der Waals surface area contributed by atoms with Gasteiger partial charge in [0.05, 0.1) is 5.75 Å². The summed E-state index contributed by atoms with van der Waals surface area (Å²) in [5, 5.41) is 5.82. The van der Waals surface area contributed by atoms with Crippen LogP contribution in [0.3, 0.4) is 0 Å². The Morgan fingerprint density at radius 3 is 2.57 bits per heavy atom. The summed E-state index contributed by atoms with van der Waals surface area (Å²) in [6.45, 7) is 3.75. The van der Waals surface area contributed by atoms with Crippen molar-refractivity contribution in [1.82, 2.24) is 15.0 Å². The minimum atomic E-state index is -3.46. The van der Waals surface area contributed by atoms with Crippen molar-refractivity contribution < 1.29 is 13.2 Å². The van der Waals surface area contributed by atoms with Gasteiger partial charge in [-0.3, -0.25) is 4.79 Å². The molecule has 0 radical (unpaired) electrons. The van der Waals surface area contributed by atoms with Gasteiger partial charge in [0.1, 0.15) is 10.7 Å². The van der Waals surface area contributed by atoms with E-state index in [-0.39, 0.29) is 24.2 Å². The molecule has 6 nitrogen and oxygen atoms in total. The number of amides is 1. The molecule has 0 bridgehead atoms. The summed E-state index contributed by atoms with van der Waals surface area (Å²) in [4.78, 5) is 16.9. The number of sulfonamides is 1. The highest BCUT2D eigenvalue weighted by molar-refractivity contribution is 7.88. The van der Waals surface area contributed by atoms with Crippen LogP contribution in [0, 0.1) is 0 Å². The molecule has 2 aromatic carbocycles. The molecule has 0 unspecified atom stereocenters. The van der Waals surface area contributed by atoms with E-state index in [1.807, 2.05) is 18.2 Å². The first-order valence-electron chi connectivity index (χ1n) is 9.30. The van der Waals surface area contributed by atoms with E-state index in [2.05, 4.69) is 15.0 Å². The monoisotopic (exact) mass is 463 g/mol. The van der Waals surface area contributed by atoms with Crippen LogP contribution in [0.25, 0.3) is 10.6 Å². The first kappa shape index (κ1) is 22.4. The molecular formula is C21H22ClN3O3S2. The smallest absolute Gasteiger partial charge is 0.271 e. The highest BCUT2D eigenvalue weighted by Gasteiger charge is 2.17. The van der Waals surface area contributed by atoms with Crippen LogP contribution >= 0.6 is 22.9 Å². The summed E-state index contributed by atoms with van der Waals surface area (Å²) in [5.41, 5.74) is 2.54. The number of rotatable bonds is 8. The van der Waals surface area contributed by atoms with Gasteiger partial charge < -0.3 is 5.32 Å². The molecule has 0 fully saturated rings. The predicted molar refractivity (Wildman–Crippen MR) is 121 cm³/mol. The maximum absolute atomic E-state index is 12.5. The second kappa shape index (κ2) is 9.70. The molecule has 3 rings (SSSR count). The van der Waals surface area contributed by atoms with Crippen molar-refractivity contribution >= 4 is 38.9 Å². The Hall–Kier alpha value is -2.26. The Bertz CT molecular complexity index is 1140. The van der Waals surface area contributed by atoms with Gasteiger partial charge in [0, 0.05) is 28.6 Å². The van der Waals surface area contributed by atoms with Gasteiger partial charge in [-0.2, -0.15) is 0 Å². The molecule has 158 valence electrons. The number of nitrogens with zero attached hydrogens (tertiary/aromatic N) is 1. The lowest BCUT2D eigenvalue weighted by Gasteiger charge is -2.13. The molecular weight excluding hydrogens is 442 g/mol. The lowest BCUT2D eigenvalue weighted by molar-refractivity contribution is 0.0946. The van der Waals surface area contributed by atoms with E-state index in [1.54, 1.807) is 49.6 Å². The highest BCUT2D eigenvalue weighted by atomic mass is 35.5. The first-order chi connectivity index (χ1) is 14.2. The molecule has 0 spiro atoms. The normalized spacial score (nSPS) is 11.6. The lowest BCUT2D eigenvalue weighted by Crippen LogP contribution is -2.32. The van der Waals surface area contributed by atoms with E-state index in [9.17, 15) is 13.2 Å². The van der Waals surface area contributed by atoms with Crippen LogP contribution in [0.4, 0.5) is 0 Å². The molecule has 0 aliphatic heterocycles. The molecule has 1 aromatic heterocycles. The summed E-state index contributed by atoms with van der Waals surface area (Å²) >= 11 is 7.38. The van der Waals surface area contributed by atoms with Gasteiger partial charge in [-0.1, -0.05) is 48.0 Å². The Balaban J connectivity index is 1.69. The van der Waals surface area contributed by atoms with Crippen molar-refractivity contribution in [3.05, 3.63) is 75.8 Å². The molecule has 3 aromatic rings. The van der Waals surface area contributed by atoms with Gasteiger partial charge in [-0.15, -0.1) is 11.3 Å². The summed E-state index contributed by atoms with van der Waals surface area (Å²) in [6, 6.07) is 14.3. The third-order valence-electron chi connectivity index (χ3n) is 4.13. The Kier molecular flexibility index (Phi) is 7.25. The molecule has 1 heterocycles.